The highest BCUT2D eigenvalue weighted by Crippen LogP contribution is 2.14. The molecule has 0 fully saturated rings. The molecule has 1 unspecified atom stereocenters. The number of ether oxygens (including phenoxy) is 1. The zero-order valence-electron chi connectivity index (χ0n) is 9.60. The molecule has 1 N–H and O–H groups in total. The van der Waals surface area contributed by atoms with Gasteiger partial charge in [0.15, 0.2) is 0 Å². The Morgan fingerprint density at radius 2 is 2.25 bits per heavy atom. The molecule has 1 aromatic heterocycles. The van der Waals surface area contributed by atoms with Crippen LogP contribution < -0.4 is 10.1 Å². The van der Waals surface area contributed by atoms with Crippen molar-refractivity contribution >= 4 is 15.7 Å². The molecule has 0 spiro atoms. The van der Waals surface area contributed by atoms with Crippen LogP contribution in [0.2, 0.25) is 0 Å². The van der Waals surface area contributed by atoms with E-state index in [1.807, 2.05) is 0 Å². The number of sulfone groups is 1. The molecule has 1 atom stereocenters. The van der Waals surface area contributed by atoms with Gasteiger partial charge in [-0.25, -0.2) is 13.4 Å². The Kier molecular flexibility index (Phi) is 4.12. The first-order valence-electron chi connectivity index (χ1n) is 4.85. The molecule has 1 rings (SSSR count). The van der Waals surface area contributed by atoms with Crippen molar-refractivity contribution in [2.75, 3.05) is 24.4 Å². The van der Waals surface area contributed by atoms with Crippen LogP contribution in [0.3, 0.4) is 0 Å². The zero-order valence-corrected chi connectivity index (χ0v) is 10.4. The first-order chi connectivity index (χ1) is 7.40. The normalized spacial score (nSPS) is 13.2. The summed E-state index contributed by atoms with van der Waals surface area (Å²) in [6.45, 7) is 1.79. The molecule has 0 aliphatic rings. The van der Waals surface area contributed by atoms with Gasteiger partial charge in [0, 0.05) is 24.6 Å². The highest BCUT2D eigenvalue weighted by atomic mass is 32.2. The van der Waals surface area contributed by atoms with Crippen molar-refractivity contribution in [2.45, 2.75) is 13.0 Å². The van der Waals surface area contributed by atoms with Crippen molar-refractivity contribution in [1.29, 1.82) is 0 Å². The summed E-state index contributed by atoms with van der Waals surface area (Å²) in [5, 5.41) is 3.00. The van der Waals surface area contributed by atoms with Gasteiger partial charge >= 0.3 is 0 Å². The lowest BCUT2D eigenvalue weighted by molar-refractivity contribution is 0.414. The molecule has 1 heterocycles. The number of rotatable bonds is 5. The maximum Gasteiger partial charge on any atom is 0.149 e. The Bertz CT molecular complexity index is 445. The molecule has 16 heavy (non-hydrogen) atoms. The molecule has 0 aromatic carbocycles. The summed E-state index contributed by atoms with van der Waals surface area (Å²) in [4.78, 5) is 4.07. The highest BCUT2D eigenvalue weighted by Gasteiger charge is 2.10. The Morgan fingerprint density at radius 1 is 1.56 bits per heavy atom. The molecule has 0 aliphatic heterocycles. The van der Waals surface area contributed by atoms with Crippen LogP contribution in [0.25, 0.3) is 0 Å². The second-order valence-corrected chi connectivity index (χ2v) is 5.90. The summed E-state index contributed by atoms with van der Waals surface area (Å²) in [7, 11) is -1.41. The molecule has 90 valence electrons. The van der Waals surface area contributed by atoms with Crippen LogP contribution in [-0.4, -0.2) is 38.6 Å². The summed E-state index contributed by atoms with van der Waals surface area (Å²) < 4.78 is 27.2. The molecule has 0 saturated carbocycles. The molecular weight excluding hydrogens is 228 g/mol. The topological polar surface area (TPSA) is 68.3 Å². The Hall–Kier alpha value is -1.30. The van der Waals surface area contributed by atoms with Gasteiger partial charge < -0.3 is 10.1 Å². The van der Waals surface area contributed by atoms with E-state index in [0.29, 0.717) is 11.6 Å². The number of hydrogen-bond acceptors (Lipinski definition) is 5. The number of anilines is 1. The van der Waals surface area contributed by atoms with Gasteiger partial charge in [0.05, 0.1) is 12.9 Å². The van der Waals surface area contributed by atoms with Gasteiger partial charge in [-0.3, -0.25) is 0 Å². The van der Waals surface area contributed by atoms with E-state index in [4.69, 9.17) is 4.74 Å². The lowest BCUT2D eigenvalue weighted by Crippen LogP contribution is -2.25. The van der Waals surface area contributed by atoms with Gasteiger partial charge in [0.25, 0.3) is 0 Å². The third-order valence-corrected chi connectivity index (χ3v) is 3.02. The van der Waals surface area contributed by atoms with E-state index in [-0.39, 0.29) is 11.8 Å². The van der Waals surface area contributed by atoms with Gasteiger partial charge in [0.1, 0.15) is 21.4 Å². The van der Waals surface area contributed by atoms with Crippen molar-refractivity contribution in [3.8, 4) is 5.75 Å². The van der Waals surface area contributed by atoms with E-state index in [9.17, 15) is 8.42 Å². The minimum Gasteiger partial charge on any atom is -0.497 e. The van der Waals surface area contributed by atoms with E-state index in [1.165, 1.54) is 6.26 Å². The van der Waals surface area contributed by atoms with Crippen LogP contribution in [0.4, 0.5) is 5.82 Å². The highest BCUT2D eigenvalue weighted by molar-refractivity contribution is 7.90. The number of pyridine rings is 1. The predicted molar refractivity (Wildman–Crippen MR) is 63.6 cm³/mol. The zero-order chi connectivity index (χ0) is 12.2. The second kappa shape index (κ2) is 5.16. The summed E-state index contributed by atoms with van der Waals surface area (Å²) in [5.41, 5.74) is 0. The minimum atomic E-state index is -2.98. The predicted octanol–water partition coefficient (Wildman–Crippen LogP) is 0.935. The lowest BCUT2D eigenvalue weighted by Gasteiger charge is -2.13. The number of methoxy groups -OCH3 is 1. The molecule has 0 aliphatic carbocycles. The van der Waals surface area contributed by atoms with E-state index < -0.39 is 9.84 Å². The van der Waals surface area contributed by atoms with Gasteiger partial charge in [-0.15, -0.1) is 0 Å². The first-order valence-corrected chi connectivity index (χ1v) is 6.91. The van der Waals surface area contributed by atoms with Crippen LogP contribution in [-0.2, 0) is 9.84 Å². The van der Waals surface area contributed by atoms with Gasteiger partial charge in [-0.2, -0.15) is 0 Å². The van der Waals surface area contributed by atoms with Gasteiger partial charge in [0.2, 0.25) is 0 Å². The molecule has 1 aromatic rings. The van der Waals surface area contributed by atoms with E-state index in [2.05, 4.69) is 10.3 Å². The molecule has 5 nitrogen and oxygen atoms in total. The lowest BCUT2D eigenvalue weighted by atomic mass is 10.3. The SMILES string of the molecule is COc1ccnc(NC(C)CS(C)(=O)=O)c1. The fourth-order valence-corrected chi connectivity index (χ4v) is 2.36. The van der Waals surface area contributed by atoms with Crippen LogP contribution in [0.15, 0.2) is 18.3 Å². The number of nitrogens with one attached hydrogen (secondary N) is 1. The molecular formula is C10H16N2O3S. The number of hydrogen-bond donors (Lipinski definition) is 1. The molecule has 0 saturated heterocycles. The van der Waals surface area contributed by atoms with Crippen LogP contribution in [0, 0.1) is 0 Å². The molecule has 0 amide bonds. The fourth-order valence-electron chi connectivity index (χ4n) is 1.37. The fraction of sp³-hybridized carbons (Fsp3) is 0.500. The number of aromatic nitrogens is 1. The summed E-state index contributed by atoms with van der Waals surface area (Å²) in [6, 6.07) is 3.26. The van der Waals surface area contributed by atoms with Crippen molar-refractivity contribution in [3.05, 3.63) is 18.3 Å². The third-order valence-electron chi connectivity index (χ3n) is 1.91. The number of nitrogens with zero attached hydrogens (tertiary/aromatic N) is 1. The van der Waals surface area contributed by atoms with E-state index in [0.717, 1.165) is 0 Å². The quantitative estimate of drug-likeness (QED) is 0.834. The first kappa shape index (κ1) is 12.8. The summed E-state index contributed by atoms with van der Waals surface area (Å²) in [5.74, 6) is 1.37. The maximum atomic E-state index is 11.1. The van der Waals surface area contributed by atoms with Gasteiger partial charge in [-0.1, -0.05) is 0 Å². The molecule has 6 heteroatoms. The van der Waals surface area contributed by atoms with Crippen LogP contribution in [0.1, 0.15) is 6.92 Å². The Labute approximate surface area is 95.8 Å². The average Bonchev–Trinajstić information content (AvgIpc) is 2.15. The smallest absolute Gasteiger partial charge is 0.149 e. The minimum absolute atomic E-state index is 0.0753. The third kappa shape index (κ3) is 4.48. The van der Waals surface area contributed by atoms with Gasteiger partial charge in [-0.05, 0) is 13.0 Å². The van der Waals surface area contributed by atoms with Crippen LogP contribution in [0.5, 0.6) is 5.75 Å². The van der Waals surface area contributed by atoms with E-state index >= 15 is 0 Å². The monoisotopic (exact) mass is 244 g/mol. The Balaban J connectivity index is 2.65. The standard InChI is InChI=1S/C10H16N2O3S/c1-8(7-16(3,13)14)12-10-6-9(15-2)4-5-11-10/h4-6,8H,7H2,1-3H3,(H,11,12). The van der Waals surface area contributed by atoms with Crippen molar-refractivity contribution in [1.82, 2.24) is 4.98 Å². The van der Waals surface area contributed by atoms with Crippen molar-refractivity contribution in [2.24, 2.45) is 0 Å². The largest absolute Gasteiger partial charge is 0.497 e. The summed E-state index contributed by atoms with van der Waals surface area (Å²) >= 11 is 0. The Morgan fingerprint density at radius 3 is 2.81 bits per heavy atom. The average molecular weight is 244 g/mol. The van der Waals surface area contributed by atoms with Crippen molar-refractivity contribution < 1.29 is 13.2 Å². The van der Waals surface area contributed by atoms with Crippen molar-refractivity contribution in [3.63, 3.8) is 0 Å². The summed E-state index contributed by atoms with van der Waals surface area (Å²) in [6.07, 6.45) is 2.82. The van der Waals surface area contributed by atoms with Crippen LogP contribution >= 0.6 is 0 Å². The molecule has 0 radical (unpaired) electrons. The second-order valence-electron chi connectivity index (χ2n) is 3.72. The maximum absolute atomic E-state index is 11.1. The molecule has 0 bridgehead atoms. The van der Waals surface area contributed by atoms with E-state index in [1.54, 1.807) is 32.4 Å².